The molecule has 8 rings (SSSR count). The number of hydrogen-bond acceptors (Lipinski definition) is 23. The molecule has 3 aromatic heterocycles. The Morgan fingerprint density at radius 2 is 1.08 bits per heavy atom. The molecule has 44 nitrogen and oxygen atoms in total. The fourth-order valence-electron chi connectivity index (χ4n) is 16.0. The van der Waals surface area contributed by atoms with Crippen LogP contribution in [0, 0.1) is 5.92 Å². The fraction of sp³-hybridized carbons (Fsp3) is 0.511. The number of nitrogens with two attached hydrogens (primary N) is 3. The summed E-state index contributed by atoms with van der Waals surface area (Å²) in [6, 6.07) is -1.38. The smallest absolute Gasteiger partial charge is 0.323 e. The molecule has 6 aromatic rings. The van der Waals surface area contributed by atoms with Crippen LogP contribution in [-0.2, 0) is 117 Å². The first-order valence-corrected chi connectivity index (χ1v) is 45.9. The van der Waals surface area contributed by atoms with Gasteiger partial charge in [-0.2, -0.15) is 0 Å². The number of aliphatic carboxylic acids is 2. The van der Waals surface area contributed by atoms with Crippen LogP contribution < -0.4 is 70.4 Å². The Bertz CT molecular complexity index is 5220. The van der Waals surface area contributed by atoms with Crippen molar-refractivity contribution in [3.63, 3.8) is 0 Å². The molecule has 732 valence electrons. The van der Waals surface area contributed by atoms with E-state index in [4.69, 9.17) is 17.2 Å². The molecule has 3 aromatic carbocycles. The van der Waals surface area contributed by atoms with Gasteiger partial charge in [-0.15, -0.1) is 11.8 Å². The van der Waals surface area contributed by atoms with Crippen LogP contribution in [0.5, 0.6) is 5.75 Å². The Morgan fingerprint density at radius 3 is 1.67 bits per heavy atom. The zero-order valence-electron chi connectivity index (χ0n) is 76.7. The largest absolute Gasteiger partial charge is 0.508 e. The Labute approximate surface area is 782 Å². The number of carbonyl (C=O) groups excluding carboxylic acids is 17. The Hall–Kier alpha value is -14.0. The van der Waals surface area contributed by atoms with Gasteiger partial charge in [0.1, 0.15) is 97.4 Å². The van der Waals surface area contributed by atoms with Crippen molar-refractivity contribution in [3.8, 4) is 5.75 Å². The van der Waals surface area contributed by atoms with Crippen molar-refractivity contribution in [3.05, 3.63) is 120 Å². The second-order valence-electron chi connectivity index (χ2n) is 34.1. The molecule has 2 fully saturated rings. The number of phenolic OH excluding ortho intramolecular Hbond substituents is 1. The molecule has 17 amide bonds. The van der Waals surface area contributed by atoms with Crippen molar-refractivity contribution in [1.82, 2.24) is 97.6 Å². The van der Waals surface area contributed by atoms with E-state index in [-0.39, 0.29) is 88.2 Å². The number of carboxylic acids is 2. The number of benzene rings is 3. The number of nitrogens with zero attached hydrogens (tertiary/aromatic N) is 6. The number of amides is 17. The number of aromatic nitrogens is 4. The van der Waals surface area contributed by atoms with Crippen molar-refractivity contribution < 1.29 is 106 Å². The van der Waals surface area contributed by atoms with Crippen LogP contribution in [0.4, 0.5) is 0 Å². The van der Waals surface area contributed by atoms with Crippen LogP contribution in [0.2, 0.25) is 0 Å². The molecule has 5 heterocycles. The van der Waals surface area contributed by atoms with Crippen molar-refractivity contribution in [2.45, 2.75) is 222 Å². The average Bonchev–Trinajstić information content (AvgIpc) is 1.78. The summed E-state index contributed by atoms with van der Waals surface area (Å²) in [6.45, 7) is 4.75. The lowest BCUT2D eigenvalue weighted by Gasteiger charge is -2.36. The van der Waals surface area contributed by atoms with E-state index >= 15 is 28.8 Å². The number of para-hydroxylation sites is 2. The minimum atomic E-state index is -2.01. The molecular weight excluding hydrogens is 1770 g/mol. The van der Waals surface area contributed by atoms with E-state index < -0.39 is 248 Å². The van der Waals surface area contributed by atoms with Gasteiger partial charge in [-0.05, 0) is 105 Å². The van der Waals surface area contributed by atoms with E-state index in [1.165, 1.54) is 69.8 Å². The van der Waals surface area contributed by atoms with Crippen LogP contribution in [0.1, 0.15) is 140 Å². The van der Waals surface area contributed by atoms with E-state index in [1.54, 1.807) is 74.8 Å². The normalized spacial score (nSPS) is 23.2. The summed E-state index contributed by atoms with van der Waals surface area (Å²) in [5, 5.41) is 57.8. The van der Waals surface area contributed by atoms with Crippen LogP contribution in [0.25, 0.3) is 21.8 Å². The highest BCUT2D eigenvalue weighted by Gasteiger charge is 2.44. The highest BCUT2D eigenvalue weighted by atomic mass is 32.2. The van der Waals surface area contributed by atoms with E-state index in [0.717, 1.165) is 26.5 Å². The minimum absolute atomic E-state index is 0.00471. The Kier molecular flexibility index (Phi) is 40.4. The first-order chi connectivity index (χ1) is 64.2. The fourth-order valence-corrected chi connectivity index (χ4v) is 16.9. The second-order valence-corrected chi connectivity index (χ2v) is 35.1. The number of carbonyl (C=O) groups is 19. The molecule has 0 spiro atoms. The highest BCUT2D eigenvalue weighted by molar-refractivity contribution is 8.00. The van der Waals surface area contributed by atoms with Crippen molar-refractivity contribution in [1.29, 1.82) is 0 Å². The SMILES string of the molecule is CCCC[C@H]1C(=O)N(C)[C@@H](CCCC)C(=O)N[C@@H](CC(C)C)C(=O)N[C@H](C(=O)NCC(N)=O)CSCC(=O)N[C@@H](Cc2ccc(O)cc2)C(=O)N(C)[C@@H](C)C(=O)N[C@@H](CC(N)=O)C(=O)N2CCC[C@H]2C(=O)N[C@@H](Cc2cnc[nH]2)C(=O)N[C@@H](CCC(=O)O)C(=O)N(CC(=O)O)CC(=O)N[C@@H](Cc2c[nH]c3ccccc23)C(=O)N[C@@H](CCN)C(=O)N[C@@H](Cc2c[nH]c3ccccc23)C(=O)N1C. The van der Waals surface area contributed by atoms with Gasteiger partial charge in [-0.25, -0.2) is 4.98 Å². The number of thioether (sulfide) groups is 1. The third-order valence-corrected chi connectivity index (χ3v) is 24.4. The van der Waals surface area contributed by atoms with E-state index in [0.29, 0.717) is 69.1 Å². The third-order valence-electron chi connectivity index (χ3n) is 23.4. The molecular formula is C90H124N22O22S. The summed E-state index contributed by atoms with van der Waals surface area (Å²) in [6.07, 6.45) is 3.10. The number of likely N-dealkylation sites (N-methyl/N-ethyl adjacent to an activating group) is 3. The van der Waals surface area contributed by atoms with E-state index in [2.05, 4.69) is 73.1 Å². The molecule has 2 saturated heterocycles. The summed E-state index contributed by atoms with van der Waals surface area (Å²) >= 11 is 0.778. The van der Waals surface area contributed by atoms with Crippen LogP contribution in [-0.4, -0.2) is 316 Å². The third kappa shape index (κ3) is 31.0. The second kappa shape index (κ2) is 51.3. The summed E-state index contributed by atoms with van der Waals surface area (Å²) in [4.78, 5) is 292. The van der Waals surface area contributed by atoms with Gasteiger partial charge in [-0.3, -0.25) is 91.1 Å². The maximum absolute atomic E-state index is 15.8. The molecule has 13 atom stereocenters. The number of rotatable bonds is 28. The predicted molar refractivity (Wildman–Crippen MR) is 492 cm³/mol. The standard InChI is InChI=1S/C90H124N22O22S/c1-9-11-22-69-84(128)103-62(34-49(3)4)81(125)107-68(79(123)97-43-73(93)115)46-135-47-75(117)100-65(35-51-25-27-55(113)28-26-51)86(130)108(6)50(5)78(122)105-67(39-72(92)114)89(133)112-33-17-24-70(112)85(129)104-64(38-54-42-94-48-98-54)83(127)102-61(29-30-76(118)119)88(132)111(45-77(120)121)44-74(116)99-63(36-52-40-95-58-20-15-13-18-56(52)58)82(126)101-60(31-32-91)80(124)106-66(37-53-41-96-59-21-16-14-19-57(53)59)87(131)110(8)71(23-12-10-2)90(134)109(69)7/h13-16,18-21,25-28,40-42,48-50,60-71,95-96,113H,9-12,17,22-24,29-39,43-47,91H2,1-8H3,(H2,92,114)(H2,93,115)(H,94,98)(H,97,123)(H,99,116)(H,100,117)(H,101,126)(H,102,127)(H,103,128)(H,104,129)(H,105,122)(H,106,124)(H,107,125)(H,118,119)(H,120,121)/t50-,60-,61-,62-,63-,64-,65-,66-,67-,68-,69-,70-,71-/m0/s1. The monoisotopic (exact) mass is 1900 g/mol. The van der Waals surface area contributed by atoms with Gasteiger partial charge in [-0.1, -0.05) is 102 Å². The zero-order chi connectivity index (χ0) is 99.0. The van der Waals surface area contributed by atoms with Gasteiger partial charge in [0.2, 0.25) is 100 Å². The Morgan fingerprint density at radius 1 is 0.541 bits per heavy atom. The van der Waals surface area contributed by atoms with Crippen molar-refractivity contribution in [2.75, 3.05) is 65.4 Å². The van der Waals surface area contributed by atoms with Gasteiger partial charge < -0.3 is 125 Å². The first-order valence-electron chi connectivity index (χ1n) is 44.7. The number of carboxylic acid groups (broad SMARTS) is 2. The molecule has 135 heavy (non-hydrogen) atoms. The minimum Gasteiger partial charge on any atom is -0.508 e. The topological polar surface area (TPSA) is 660 Å². The quantitative estimate of drug-likeness (QED) is 0.0252. The lowest BCUT2D eigenvalue weighted by molar-refractivity contribution is -0.149. The first kappa shape index (κ1) is 106. The molecule has 22 N–H and O–H groups in total. The number of phenols is 1. The number of primary amides is 2. The Balaban J connectivity index is 1.21. The summed E-state index contributed by atoms with van der Waals surface area (Å²) < 4.78 is 0. The maximum Gasteiger partial charge on any atom is 0.323 e. The molecule has 0 saturated carbocycles. The number of aromatic hydroxyl groups is 1. The number of nitrogens with one attached hydrogen (secondary N) is 13. The summed E-state index contributed by atoms with van der Waals surface area (Å²) in [7, 11) is 3.91. The van der Waals surface area contributed by atoms with Gasteiger partial charge in [0, 0.05) is 112 Å². The lowest BCUT2D eigenvalue weighted by Crippen LogP contribution is -2.61. The van der Waals surface area contributed by atoms with Crippen molar-refractivity contribution >= 4 is 146 Å². The van der Waals surface area contributed by atoms with E-state index in [1.807, 2.05) is 13.8 Å². The molecule has 0 radical (unpaired) electrons. The van der Waals surface area contributed by atoms with Gasteiger partial charge in [0.05, 0.1) is 25.0 Å². The average molecular weight is 1900 g/mol. The summed E-state index contributed by atoms with van der Waals surface area (Å²) in [5.41, 5.74) is 20.1. The number of fused-ring (bicyclic) bond motifs is 3. The van der Waals surface area contributed by atoms with Gasteiger partial charge in [0.15, 0.2) is 0 Å². The molecule has 0 bridgehead atoms. The number of imidazole rings is 1. The predicted octanol–water partition coefficient (Wildman–Crippen LogP) is -2.02. The van der Waals surface area contributed by atoms with Crippen molar-refractivity contribution in [2.24, 2.45) is 23.1 Å². The molecule has 2 aliphatic rings. The van der Waals surface area contributed by atoms with Crippen LogP contribution >= 0.6 is 11.8 Å². The molecule has 0 unspecified atom stereocenters. The zero-order valence-corrected chi connectivity index (χ0v) is 77.5. The van der Waals surface area contributed by atoms with E-state index in [9.17, 15) is 77.6 Å². The molecule has 2 aliphatic heterocycles. The van der Waals surface area contributed by atoms with Crippen LogP contribution in [0.3, 0.4) is 0 Å². The lowest BCUT2D eigenvalue weighted by atomic mass is 9.99. The summed E-state index contributed by atoms with van der Waals surface area (Å²) in [5.74, 6) is -21.7. The molecule has 0 aliphatic carbocycles. The maximum atomic E-state index is 15.8. The number of aromatic amines is 3. The molecule has 45 heteroatoms. The van der Waals surface area contributed by atoms with Gasteiger partial charge in [0.25, 0.3) is 0 Å². The van der Waals surface area contributed by atoms with Gasteiger partial charge >= 0.3 is 11.9 Å². The number of unbranched alkanes of at least 4 members (excludes halogenated alkanes) is 2. The number of H-pyrrole nitrogens is 3. The van der Waals surface area contributed by atoms with Crippen LogP contribution in [0.15, 0.2) is 97.7 Å². The number of hydrogen-bond donors (Lipinski definition) is 19. The highest BCUT2D eigenvalue weighted by Crippen LogP contribution is 2.27.